The van der Waals surface area contributed by atoms with E-state index in [0.717, 1.165) is 46.8 Å². The van der Waals surface area contributed by atoms with Gasteiger partial charge in [-0.3, -0.25) is 10.1 Å². The van der Waals surface area contributed by atoms with E-state index >= 15 is 0 Å². The van der Waals surface area contributed by atoms with Crippen LogP contribution in [0.25, 0.3) is 0 Å². The summed E-state index contributed by atoms with van der Waals surface area (Å²) in [7, 11) is 2.12. The smallest absolute Gasteiger partial charge is 0.255 e. The molecular weight excluding hydrogens is 492 g/mol. The number of aromatic nitrogens is 4. The van der Waals surface area contributed by atoms with E-state index in [1.54, 1.807) is 23.5 Å². The minimum absolute atomic E-state index is 0.152. The minimum atomic E-state index is -0.152. The van der Waals surface area contributed by atoms with Crippen LogP contribution in [-0.4, -0.2) is 64.0 Å². The third-order valence-corrected chi connectivity index (χ3v) is 7.29. The van der Waals surface area contributed by atoms with Crippen molar-refractivity contribution >= 4 is 51.7 Å². The Balaban J connectivity index is 1.34. The number of hydrogen-bond donors (Lipinski definition) is 2. The summed E-state index contributed by atoms with van der Waals surface area (Å²) in [6.07, 6.45) is 1.82. The first kappa shape index (κ1) is 24.2. The predicted molar refractivity (Wildman–Crippen MR) is 145 cm³/mol. The number of benzene rings is 2. The van der Waals surface area contributed by atoms with Gasteiger partial charge in [0.1, 0.15) is 0 Å². The molecule has 3 heterocycles. The number of likely N-dealkylation sites (N-methyl/N-ethyl adjacent to an activating group) is 1. The standard InChI is InChI=1S/C25H26N8OS2/c1-17-16-26-24(35-17)29-22-28-23(33-14-12-32(2)13-15-33)31-25(30-22)36-20-10-8-18(9-11-20)21(34)27-19-6-4-3-5-7-19/h3-11,16H,12-15H2,1-2H3,(H,27,34)(H,26,28,29,30,31). The van der Waals surface area contributed by atoms with Crippen molar-refractivity contribution in [3.63, 3.8) is 0 Å². The number of anilines is 4. The Kier molecular flexibility index (Phi) is 7.40. The number of hydrogen-bond acceptors (Lipinski definition) is 10. The van der Waals surface area contributed by atoms with Crippen LogP contribution in [-0.2, 0) is 0 Å². The summed E-state index contributed by atoms with van der Waals surface area (Å²) in [4.78, 5) is 37.5. The van der Waals surface area contributed by atoms with Crippen LogP contribution in [0.4, 0.5) is 22.7 Å². The van der Waals surface area contributed by atoms with E-state index in [1.165, 1.54) is 11.8 Å². The molecule has 2 aromatic heterocycles. The molecule has 0 saturated carbocycles. The highest BCUT2D eigenvalue weighted by Gasteiger charge is 2.19. The quantitative estimate of drug-likeness (QED) is 0.365. The predicted octanol–water partition coefficient (Wildman–Crippen LogP) is 4.54. The third-order valence-electron chi connectivity index (χ3n) is 5.59. The van der Waals surface area contributed by atoms with E-state index in [2.05, 4.69) is 42.4 Å². The van der Waals surface area contributed by atoms with Crippen molar-refractivity contribution in [1.82, 2.24) is 24.8 Å². The Morgan fingerprint density at radius 2 is 1.72 bits per heavy atom. The van der Waals surface area contributed by atoms with Gasteiger partial charge in [0, 0.05) is 53.4 Å². The molecule has 0 bridgehead atoms. The Hall–Kier alpha value is -3.54. The second kappa shape index (κ2) is 11.0. The maximum absolute atomic E-state index is 12.6. The molecule has 184 valence electrons. The number of carbonyl (C=O) groups excluding carboxylic acids is 1. The average molecular weight is 519 g/mol. The number of piperazine rings is 1. The van der Waals surface area contributed by atoms with Crippen molar-refractivity contribution in [2.75, 3.05) is 48.8 Å². The monoisotopic (exact) mass is 518 g/mol. The lowest BCUT2D eigenvalue weighted by Crippen LogP contribution is -2.45. The van der Waals surface area contributed by atoms with E-state index in [4.69, 9.17) is 4.98 Å². The molecular formula is C25H26N8OS2. The van der Waals surface area contributed by atoms with Crippen LogP contribution < -0.4 is 15.5 Å². The molecule has 2 N–H and O–H groups in total. The number of aryl methyl sites for hydroxylation is 1. The Morgan fingerprint density at radius 3 is 2.42 bits per heavy atom. The Morgan fingerprint density at radius 1 is 0.972 bits per heavy atom. The molecule has 1 fully saturated rings. The van der Waals surface area contributed by atoms with Crippen LogP contribution >= 0.6 is 23.1 Å². The van der Waals surface area contributed by atoms with Crippen molar-refractivity contribution in [1.29, 1.82) is 0 Å². The van der Waals surface area contributed by atoms with Gasteiger partial charge < -0.3 is 15.1 Å². The lowest BCUT2D eigenvalue weighted by Gasteiger charge is -2.32. The number of amides is 1. The van der Waals surface area contributed by atoms with E-state index < -0.39 is 0 Å². The Labute approximate surface area is 218 Å². The average Bonchev–Trinajstić information content (AvgIpc) is 3.29. The highest BCUT2D eigenvalue weighted by molar-refractivity contribution is 7.99. The van der Waals surface area contributed by atoms with Gasteiger partial charge in [-0.15, -0.1) is 11.3 Å². The number of carbonyl (C=O) groups is 1. The van der Waals surface area contributed by atoms with Gasteiger partial charge >= 0.3 is 0 Å². The van der Waals surface area contributed by atoms with Crippen molar-refractivity contribution in [2.24, 2.45) is 0 Å². The zero-order chi connectivity index (χ0) is 24.9. The van der Waals surface area contributed by atoms with Crippen molar-refractivity contribution < 1.29 is 4.79 Å². The fraction of sp³-hybridized carbons (Fsp3) is 0.240. The zero-order valence-electron chi connectivity index (χ0n) is 20.0. The van der Waals surface area contributed by atoms with Crippen LogP contribution in [0.3, 0.4) is 0 Å². The molecule has 0 aliphatic carbocycles. The Bertz CT molecular complexity index is 1320. The van der Waals surface area contributed by atoms with Gasteiger partial charge in [-0.1, -0.05) is 18.2 Å². The van der Waals surface area contributed by atoms with Crippen LogP contribution in [0.2, 0.25) is 0 Å². The summed E-state index contributed by atoms with van der Waals surface area (Å²) in [5, 5.41) is 7.46. The molecule has 0 spiro atoms. The molecule has 5 rings (SSSR count). The molecule has 11 heteroatoms. The van der Waals surface area contributed by atoms with Gasteiger partial charge in [-0.05, 0) is 62.1 Å². The minimum Gasteiger partial charge on any atom is -0.338 e. The lowest BCUT2D eigenvalue weighted by atomic mass is 10.2. The normalized spacial score (nSPS) is 14.0. The summed E-state index contributed by atoms with van der Waals surface area (Å²) in [6, 6.07) is 16.8. The van der Waals surface area contributed by atoms with Gasteiger partial charge in [0.2, 0.25) is 11.9 Å². The van der Waals surface area contributed by atoms with Gasteiger partial charge in [0.25, 0.3) is 5.91 Å². The summed E-state index contributed by atoms with van der Waals surface area (Å²) < 4.78 is 0. The van der Waals surface area contributed by atoms with Crippen molar-refractivity contribution in [3.8, 4) is 0 Å². The summed E-state index contributed by atoms with van der Waals surface area (Å²) >= 11 is 2.98. The largest absolute Gasteiger partial charge is 0.338 e. The molecule has 9 nitrogen and oxygen atoms in total. The molecule has 1 amide bonds. The van der Waals surface area contributed by atoms with Gasteiger partial charge in [-0.2, -0.15) is 15.0 Å². The van der Waals surface area contributed by atoms with Gasteiger partial charge in [0.05, 0.1) is 0 Å². The molecule has 2 aromatic carbocycles. The first-order valence-electron chi connectivity index (χ1n) is 11.6. The zero-order valence-corrected chi connectivity index (χ0v) is 21.6. The van der Waals surface area contributed by atoms with Gasteiger partial charge in [-0.25, -0.2) is 4.98 Å². The molecule has 36 heavy (non-hydrogen) atoms. The first-order valence-corrected chi connectivity index (χ1v) is 13.2. The summed E-state index contributed by atoms with van der Waals surface area (Å²) in [5.74, 6) is 0.963. The van der Waals surface area contributed by atoms with Crippen LogP contribution in [0, 0.1) is 6.92 Å². The maximum Gasteiger partial charge on any atom is 0.255 e. The van der Waals surface area contributed by atoms with Crippen LogP contribution in [0.5, 0.6) is 0 Å². The number of nitrogens with zero attached hydrogens (tertiary/aromatic N) is 6. The third kappa shape index (κ3) is 6.17. The summed E-state index contributed by atoms with van der Waals surface area (Å²) in [6.45, 7) is 5.62. The van der Waals surface area contributed by atoms with Gasteiger partial charge in [0.15, 0.2) is 10.3 Å². The first-order chi connectivity index (χ1) is 17.5. The molecule has 0 unspecified atom stereocenters. The second-order valence-corrected chi connectivity index (χ2v) is 10.7. The molecule has 1 aliphatic rings. The number of rotatable bonds is 7. The van der Waals surface area contributed by atoms with Crippen molar-refractivity contribution in [3.05, 3.63) is 71.2 Å². The number of para-hydroxylation sites is 1. The molecule has 0 atom stereocenters. The summed E-state index contributed by atoms with van der Waals surface area (Å²) in [5.41, 5.74) is 1.34. The van der Waals surface area contributed by atoms with E-state index in [-0.39, 0.29) is 5.91 Å². The molecule has 1 saturated heterocycles. The molecule has 1 aliphatic heterocycles. The molecule has 4 aromatic rings. The second-order valence-electron chi connectivity index (χ2n) is 8.38. The van der Waals surface area contributed by atoms with E-state index in [0.29, 0.717) is 22.6 Å². The highest BCUT2D eigenvalue weighted by atomic mass is 32.2. The number of thiazole rings is 1. The maximum atomic E-state index is 12.6. The topological polar surface area (TPSA) is 99.2 Å². The van der Waals surface area contributed by atoms with Crippen molar-refractivity contribution in [2.45, 2.75) is 17.0 Å². The fourth-order valence-electron chi connectivity index (χ4n) is 3.61. The number of nitrogens with one attached hydrogen (secondary N) is 2. The van der Waals surface area contributed by atoms with E-state index in [1.807, 2.05) is 55.6 Å². The van der Waals surface area contributed by atoms with Crippen LogP contribution in [0.15, 0.2) is 70.8 Å². The lowest BCUT2D eigenvalue weighted by molar-refractivity contribution is 0.102. The fourth-order valence-corrected chi connectivity index (χ4v) is 5.01. The highest BCUT2D eigenvalue weighted by Crippen LogP contribution is 2.29. The molecule has 0 radical (unpaired) electrons. The SMILES string of the molecule is Cc1cnc(Nc2nc(Sc3ccc(C(=O)Nc4ccccc4)cc3)nc(N3CCN(C)CC3)n2)s1. The van der Waals surface area contributed by atoms with Crippen LogP contribution in [0.1, 0.15) is 15.2 Å². The van der Waals surface area contributed by atoms with E-state index in [9.17, 15) is 4.79 Å².